The number of ether oxygens (including phenoxy) is 2. The van der Waals surface area contributed by atoms with E-state index in [-0.39, 0.29) is 0 Å². The molecule has 2 rings (SSSR count). The molecule has 0 saturated heterocycles. The highest BCUT2D eigenvalue weighted by Gasteiger charge is 2.10. The van der Waals surface area contributed by atoms with Crippen molar-refractivity contribution >= 4 is 11.3 Å². The average Bonchev–Trinajstić information content (AvgIpc) is 2.90. The van der Waals surface area contributed by atoms with Crippen molar-refractivity contribution in [2.24, 2.45) is 0 Å². The lowest BCUT2D eigenvalue weighted by atomic mass is 10.2. The summed E-state index contributed by atoms with van der Waals surface area (Å²) >= 11 is 1.41. The Balaban J connectivity index is 1.92. The largest absolute Gasteiger partial charge is 0.493 e. The van der Waals surface area contributed by atoms with Crippen molar-refractivity contribution in [3.8, 4) is 11.8 Å². The van der Waals surface area contributed by atoms with Crippen molar-refractivity contribution in [2.45, 2.75) is 26.4 Å². The van der Waals surface area contributed by atoms with Crippen molar-refractivity contribution in [1.29, 1.82) is 5.26 Å². The SMILES string of the molecule is CCc1cccc(OCCc2nc(COC)c(C#N)s2)c1. The zero-order valence-electron chi connectivity index (χ0n) is 12.3. The maximum Gasteiger partial charge on any atom is 0.130 e. The maximum atomic E-state index is 9.05. The normalized spacial score (nSPS) is 10.3. The van der Waals surface area contributed by atoms with Crippen LogP contribution in [-0.2, 0) is 24.2 Å². The van der Waals surface area contributed by atoms with Gasteiger partial charge in [-0.25, -0.2) is 4.98 Å². The topological polar surface area (TPSA) is 55.1 Å². The molecule has 1 heterocycles. The molecule has 0 unspecified atom stereocenters. The third-order valence-corrected chi connectivity index (χ3v) is 4.08. The molecule has 0 amide bonds. The summed E-state index contributed by atoms with van der Waals surface area (Å²) in [5.41, 5.74) is 1.98. The van der Waals surface area contributed by atoms with Gasteiger partial charge < -0.3 is 9.47 Å². The van der Waals surface area contributed by atoms with Gasteiger partial charge in [-0.1, -0.05) is 19.1 Å². The van der Waals surface area contributed by atoms with Crippen molar-refractivity contribution in [3.05, 3.63) is 45.4 Å². The van der Waals surface area contributed by atoms with Gasteiger partial charge in [0.2, 0.25) is 0 Å². The number of hydrogen-bond donors (Lipinski definition) is 0. The Morgan fingerprint density at radius 2 is 2.24 bits per heavy atom. The first-order chi connectivity index (χ1) is 10.3. The first-order valence-electron chi connectivity index (χ1n) is 6.86. The zero-order valence-corrected chi connectivity index (χ0v) is 13.1. The molecule has 1 aromatic heterocycles. The third-order valence-electron chi connectivity index (χ3n) is 3.02. The lowest BCUT2D eigenvalue weighted by molar-refractivity contribution is 0.181. The molecule has 0 bridgehead atoms. The van der Waals surface area contributed by atoms with Crippen LogP contribution in [-0.4, -0.2) is 18.7 Å². The van der Waals surface area contributed by atoms with Gasteiger partial charge in [0, 0.05) is 13.5 Å². The van der Waals surface area contributed by atoms with Crippen LogP contribution >= 0.6 is 11.3 Å². The highest BCUT2D eigenvalue weighted by molar-refractivity contribution is 7.12. The molecule has 110 valence electrons. The molecule has 2 aromatic rings. The van der Waals surface area contributed by atoms with Crippen LogP contribution in [0.5, 0.6) is 5.75 Å². The van der Waals surface area contributed by atoms with Crippen LogP contribution in [0.3, 0.4) is 0 Å². The summed E-state index contributed by atoms with van der Waals surface area (Å²) in [4.78, 5) is 5.05. The molecule has 1 aromatic carbocycles. The molecule has 5 heteroatoms. The Hall–Kier alpha value is -1.90. The summed E-state index contributed by atoms with van der Waals surface area (Å²) in [6.07, 6.45) is 1.69. The maximum absolute atomic E-state index is 9.05. The van der Waals surface area contributed by atoms with E-state index in [1.165, 1.54) is 16.9 Å². The summed E-state index contributed by atoms with van der Waals surface area (Å²) in [5.74, 6) is 0.878. The molecular weight excluding hydrogens is 284 g/mol. The summed E-state index contributed by atoms with van der Waals surface area (Å²) < 4.78 is 10.8. The fourth-order valence-corrected chi connectivity index (χ4v) is 2.79. The lowest BCUT2D eigenvalue weighted by Gasteiger charge is -2.06. The van der Waals surface area contributed by atoms with E-state index in [1.807, 2.05) is 12.1 Å². The van der Waals surface area contributed by atoms with Crippen LogP contribution in [0.2, 0.25) is 0 Å². The highest BCUT2D eigenvalue weighted by atomic mass is 32.1. The standard InChI is InChI=1S/C16H18N2O2S/c1-3-12-5-4-6-13(9-12)20-8-7-16-18-14(11-19-2)15(10-17)21-16/h4-6,9H,3,7-8,11H2,1-2H3. The minimum Gasteiger partial charge on any atom is -0.493 e. The van der Waals surface area contributed by atoms with Crippen molar-refractivity contribution in [3.63, 3.8) is 0 Å². The van der Waals surface area contributed by atoms with Crippen molar-refractivity contribution in [2.75, 3.05) is 13.7 Å². The van der Waals surface area contributed by atoms with E-state index in [4.69, 9.17) is 14.7 Å². The van der Waals surface area contributed by atoms with Gasteiger partial charge in [0.05, 0.1) is 23.9 Å². The van der Waals surface area contributed by atoms with Crippen LogP contribution in [0.4, 0.5) is 0 Å². The average molecular weight is 302 g/mol. The van der Waals surface area contributed by atoms with Crippen LogP contribution in [0, 0.1) is 11.3 Å². The van der Waals surface area contributed by atoms with Gasteiger partial charge in [-0.05, 0) is 24.1 Å². The van der Waals surface area contributed by atoms with E-state index in [0.717, 1.165) is 17.2 Å². The van der Waals surface area contributed by atoms with E-state index in [0.29, 0.717) is 30.2 Å². The Morgan fingerprint density at radius 3 is 2.95 bits per heavy atom. The molecule has 0 N–H and O–H groups in total. The zero-order chi connectivity index (χ0) is 15.1. The van der Waals surface area contributed by atoms with Crippen LogP contribution < -0.4 is 4.74 Å². The van der Waals surface area contributed by atoms with Crippen molar-refractivity contribution < 1.29 is 9.47 Å². The van der Waals surface area contributed by atoms with E-state index in [2.05, 4.69) is 30.1 Å². The Morgan fingerprint density at radius 1 is 1.38 bits per heavy atom. The predicted molar refractivity (Wildman–Crippen MR) is 82.6 cm³/mol. The second-order valence-corrected chi connectivity index (χ2v) is 5.61. The van der Waals surface area contributed by atoms with Crippen LogP contribution in [0.1, 0.15) is 28.1 Å². The number of aromatic nitrogens is 1. The number of rotatable bonds is 7. The molecule has 0 atom stereocenters. The van der Waals surface area contributed by atoms with Gasteiger partial charge in [-0.3, -0.25) is 0 Å². The van der Waals surface area contributed by atoms with Gasteiger partial charge in [0.15, 0.2) is 0 Å². The number of nitrogens with zero attached hydrogens (tertiary/aromatic N) is 2. The molecule has 0 saturated carbocycles. The molecule has 4 nitrogen and oxygen atoms in total. The molecule has 0 fully saturated rings. The molecular formula is C16H18N2O2S. The van der Waals surface area contributed by atoms with Gasteiger partial charge in [-0.2, -0.15) is 5.26 Å². The Bertz CT molecular complexity index is 631. The molecule has 0 aliphatic carbocycles. The highest BCUT2D eigenvalue weighted by Crippen LogP contribution is 2.20. The summed E-state index contributed by atoms with van der Waals surface area (Å²) in [6.45, 7) is 3.05. The first-order valence-corrected chi connectivity index (χ1v) is 7.67. The van der Waals surface area contributed by atoms with E-state index < -0.39 is 0 Å². The predicted octanol–water partition coefficient (Wildman–Crippen LogP) is 3.35. The summed E-state index contributed by atoms with van der Waals surface area (Å²) in [7, 11) is 1.60. The van der Waals surface area contributed by atoms with E-state index in [9.17, 15) is 0 Å². The minimum absolute atomic E-state index is 0.374. The lowest BCUT2D eigenvalue weighted by Crippen LogP contribution is -2.01. The molecule has 0 spiro atoms. The number of nitriles is 1. The number of methoxy groups -OCH3 is 1. The third kappa shape index (κ3) is 4.28. The van der Waals surface area contributed by atoms with Gasteiger partial charge in [0.1, 0.15) is 16.7 Å². The minimum atomic E-state index is 0.374. The number of benzene rings is 1. The molecule has 0 aliphatic rings. The summed E-state index contributed by atoms with van der Waals surface area (Å²) in [5, 5.41) is 9.96. The smallest absolute Gasteiger partial charge is 0.130 e. The van der Waals surface area contributed by atoms with Gasteiger partial charge in [0.25, 0.3) is 0 Å². The van der Waals surface area contributed by atoms with Gasteiger partial charge in [-0.15, -0.1) is 11.3 Å². The van der Waals surface area contributed by atoms with Gasteiger partial charge >= 0.3 is 0 Å². The first kappa shape index (κ1) is 15.5. The molecule has 0 radical (unpaired) electrons. The van der Waals surface area contributed by atoms with E-state index in [1.54, 1.807) is 7.11 Å². The number of hydrogen-bond acceptors (Lipinski definition) is 5. The Labute approximate surface area is 129 Å². The number of aryl methyl sites for hydroxylation is 1. The fourth-order valence-electron chi connectivity index (χ4n) is 1.94. The van der Waals surface area contributed by atoms with Crippen LogP contribution in [0.25, 0.3) is 0 Å². The van der Waals surface area contributed by atoms with Crippen LogP contribution in [0.15, 0.2) is 24.3 Å². The van der Waals surface area contributed by atoms with Crippen molar-refractivity contribution in [1.82, 2.24) is 4.98 Å². The second kappa shape index (κ2) is 7.77. The Kier molecular flexibility index (Phi) is 5.73. The summed E-state index contributed by atoms with van der Waals surface area (Å²) in [6, 6.07) is 10.3. The number of thiazole rings is 1. The van der Waals surface area contributed by atoms with E-state index >= 15 is 0 Å². The molecule has 0 aliphatic heterocycles. The quantitative estimate of drug-likeness (QED) is 0.787. The fraction of sp³-hybridized carbons (Fsp3) is 0.375. The molecule has 21 heavy (non-hydrogen) atoms. The monoisotopic (exact) mass is 302 g/mol. The second-order valence-electron chi connectivity index (χ2n) is 4.53.